The summed E-state index contributed by atoms with van der Waals surface area (Å²) in [6, 6.07) is 16.0. The number of tetrazole rings is 1. The van der Waals surface area contributed by atoms with E-state index in [0.717, 1.165) is 74.4 Å². The van der Waals surface area contributed by atoms with Crippen molar-refractivity contribution in [3.8, 4) is 5.75 Å². The third-order valence-electron chi connectivity index (χ3n) is 7.96. The van der Waals surface area contributed by atoms with Gasteiger partial charge in [0.25, 0.3) is 5.56 Å². The predicted octanol–water partition coefficient (Wildman–Crippen LogP) is 3.18. The lowest BCUT2D eigenvalue weighted by Gasteiger charge is -2.39. The fourth-order valence-corrected chi connectivity index (χ4v) is 5.75. The molecule has 2 saturated heterocycles. The number of aryl methyl sites for hydroxylation is 1. The van der Waals surface area contributed by atoms with Gasteiger partial charge in [-0.15, -0.1) is 5.10 Å². The number of pyridine rings is 1. The van der Waals surface area contributed by atoms with E-state index in [9.17, 15) is 4.79 Å². The Bertz CT molecular complexity index is 1470. The second-order valence-electron chi connectivity index (χ2n) is 10.3. The molecule has 0 unspecified atom stereocenters. The number of piperazine rings is 1. The molecule has 1 N–H and O–H groups in total. The van der Waals surface area contributed by atoms with E-state index in [1.54, 1.807) is 7.11 Å². The molecule has 2 atom stereocenters. The van der Waals surface area contributed by atoms with Gasteiger partial charge in [-0.1, -0.05) is 13.0 Å². The zero-order valence-electron chi connectivity index (χ0n) is 22.5. The second kappa shape index (κ2) is 11.2. The van der Waals surface area contributed by atoms with Crippen LogP contribution >= 0.6 is 0 Å². The van der Waals surface area contributed by atoms with Gasteiger partial charge in [-0.05, 0) is 83.1 Å². The molecule has 0 saturated carbocycles. The minimum atomic E-state index is -0.377. The van der Waals surface area contributed by atoms with Crippen LogP contribution in [0.15, 0.2) is 53.3 Å². The number of rotatable bonds is 8. The molecular weight excluding hydrogens is 494 g/mol. The molecule has 0 bridgehead atoms. The Kier molecular flexibility index (Phi) is 7.30. The summed E-state index contributed by atoms with van der Waals surface area (Å²) >= 11 is 0. The number of hydrogen-bond acceptors (Lipinski definition) is 8. The van der Waals surface area contributed by atoms with Crippen LogP contribution in [-0.2, 0) is 17.7 Å². The lowest BCUT2D eigenvalue weighted by atomic mass is 10.0. The number of benzene rings is 2. The van der Waals surface area contributed by atoms with Gasteiger partial charge in [0, 0.05) is 49.6 Å². The van der Waals surface area contributed by atoms with Gasteiger partial charge in [0.1, 0.15) is 11.8 Å². The molecular formula is C29H35N7O3. The number of hydrogen-bond donors (Lipinski definition) is 1. The molecule has 204 valence electrons. The van der Waals surface area contributed by atoms with Crippen LogP contribution in [0.1, 0.15) is 42.8 Å². The maximum absolute atomic E-state index is 13.6. The highest BCUT2D eigenvalue weighted by molar-refractivity contribution is 5.80. The van der Waals surface area contributed by atoms with E-state index in [1.165, 1.54) is 5.56 Å². The molecule has 0 radical (unpaired) electrons. The first-order valence-electron chi connectivity index (χ1n) is 13.8. The second-order valence-corrected chi connectivity index (χ2v) is 10.3. The van der Waals surface area contributed by atoms with E-state index in [-0.39, 0.29) is 17.7 Å². The summed E-state index contributed by atoms with van der Waals surface area (Å²) in [6.07, 6.45) is 3.05. The van der Waals surface area contributed by atoms with Crippen molar-refractivity contribution < 1.29 is 9.47 Å². The summed E-state index contributed by atoms with van der Waals surface area (Å²) in [7, 11) is 1.68. The van der Waals surface area contributed by atoms with Crippen LogP contribution in [0.25, 0.3) is 10.9 Å². The number of anilines is 1. The van der Waals surface area contributed by atoms with Gasteiger partial charge in [0.05, 0.1) is 19.8 Å². The van der Waals surface area contributed by atoms with Crippen molar-refractivity contribution >= 4 is 16.6 Å². The minimum Gasteiger partial charge on any atom is -0.497 e. The minimum absolute atomic E-state index is 0.0850. The number of aromatic nitrogens is 5. The van der Waals surface area contributed by atoms with E-state index >= 15 is 0 Å². The van der Waals surface area contributed by atoms with Gasteiger partial charge >= 0.3 is 0 Å². The van der Waals surface area contributed by atoms with Gasteiger partial charge < -0.3 is 19.4 Å². The Morgan fingerprint density at radius 2 is 1.92 bits per heavy atom. The molecule has 10 heteroatoms. The molecule has 4 aromatic rings. The van der Waals surface area contributed by atoms with Gasteiger partial charge in [-0.2, -0.15) is 0 Å². The molecule has 2 fully saturated rings. The van der Waals surface area contributed by atoms with Crippen LogP contribution in [0.4, 0.5) is 5.69 Å². The van der Waals surface area contributed by atoms with Crippen LogP contribution in [0.5, 0.6) is 5.75 Å². The summed E-state index contributed by atoms with van der Waals surface area (Å²) < 4.78 is 13.0. The SMILES string of the molecule is CCc1ccc2[nH]c(=O)c([C@H](c3nnnn3C[C@H]3CCCO3)N3CCN(c4ccc(OC)cc4)CC3)cc2c1. The first-order valence-corrected chi connectivity index (χ1v) is 13.8. The van der Waals surface area contributed by atoms with Crippen LogP contribution < -0.4 is 15.2 Å². The highest BCUT2D eigenvalue weighted by Gasteiger charge is 2.33. The number of ether oxygens (including phenoxy) is 2. The summed E-state index contributed by atoms with van der Waals surface area (Å²) in [5.74, 6) is 1.53. The Hall–Kier alpha value is -3.76. The molecule has 0 aliphatic carbocycles. The van der Waals surface area contributed by atoms with Gasteiger partial charge in [0.15, 0.2) is 5.82 Å². The monoisotopic (exact) mass is 529 g/mol. The molecule has 39 heavy (non-hydrogen) atoms. The average Bonchev–Trinajstić information content (AvgIpc) is 3.66. The first kappa shape index (κ1) is 25.5. The number of H-pyrrole nitrogens is 1. The smallest absolute Gasteiger partial charge is 0.253 e. The summed E-state index contributed by atoms with van der Waals surface area (Å²) in [4.78, 5) is 21.4. The van der Waals surface area contributed by atoms with E-state index < -0.39 is 0 Å². The lowest BCUT2D eigenvalue weighted by Crippen LogP contribution is -2.49. The number of fused-ring (bicyclic) bond motifs is 1. The van der Waals surface area contributed by atoms with Crippen LogP contribution in [0, 0.1) is 0 Å². The third-order valence-corrected chi connectivity index (χ3v) is 7.96. The highest BCUT2D eigenvalue weighted by Crippen LogP contribution is 2.30. The first-order chi connectivity index (χ1) is 19.1. The van der Waals surface area contributed by atoms with E-state index in [2.05, 4.69) is 61.5 Å². The van der Waals surface area contributed by atoms with Crippen molar-refractivity contribution in [3.05, 3.63) is 75.8 Å². The lowest BCUT2D eigenvalue weighted by molar-refractivity contribution is 0.0906. The van der Waals surface area contributed by atoms with Crippen molar-refractivity contribution in [3.63, 3.8) is 0 Å². The number of nitrogens with one attached hydrogen (secondary N) is 1. The molecule has 0 amide bonds. The predicted molar refractivity (Wildman–Crippen MR) is 149 cm³/mol. The molecule has 2 aromatic carbocycles. The number of aromatic amines is 1. The summed E-state index contributed by atoms with van der Waals surface area (Å²) in [5.41, 5.74) is 3.78. The molecule has 0 spiro atoms. The van der Waals surface area contributed by atoms with Crippen molar-refractivity contribution in [2.24, 2.45) is 0 Å². The van der Waals surface area contributed by atoms with Crippen LogP contribution in [0.3, 0.4) is 0 Å². The van der Waals surface area contributed by atoms with Gasteiger partial charge in [-0.25, -0.2) is 4.68 Å². The average molecular weight is 530 g/mol. The Morgan fingerprint density at radius 3 is 2.64 bits per heavy atom. The molecule has 6 rings (SSSR count). The normalized spacial score (nSPS) is 19.0. The maximum Gasteiger partial charge on any atom is 0.253 e. The highest BCUT2D eigenvalue weighted by atomic mass is 16.5. The molecule has 2 aliphatic rings. The molecule has 2 aromatic heterocycles. The van der Waals surface area contributed by atoms with Crippen molar-refractivity contribution in [2.45, 2.75) is 44.9 Å². The number of nitrogens with zero attached hydrogens (tertiary/aromatic N) is 6. The molecule has 4 heterocycles. The van der Waals surface area contributed by atoms with E-state index in [4.69, 9.17) is 9.47 Å². The summed E-state index contributed by atoms with van der Waals surface area (Å²) in [6.45, 7) is 6.65. The van der Waals surface area contributed by atoms with Crippen LogP contribution in [-0.4, -0.2) is 76.1 Å². The summed E-state index contributed by atoms with van der Waals surface area (Å²) in [5, 5.41) is 13.9. The van der Waals surface area contributed by atoms with E-state index in [1.807, 2.05) is 28.9 Å². The Morgan fingerprint density at radius 1 is 1.10 bits per heavy atom. The van der Waals surface area contributed by atoms with Crippen molar-refractivity contribution in [1.82, 2.24) is 30.1 Å². The zero-order chi connectivity index (χ0) is 26.8. The molecule has 2 aliphatic heterocycles. The quantitative estimate of drug-likeness (QED) is 0.372. The Labute approximate surface area is 227 Å². The largest absolute Gasteiger partial charge is 0.497 e. The fraction of sp³-hybridized carbons (Fsp3) is 0.448. The maximum atomic E-state index is 13.6. The molecule has 10 nitrogen and oxygen atoms in total. The topological polar surface area (TPSA) is 101 Å². The van der Waals surface area contributed by atoms with Crippen LogP contribution in [0.2, 0.25) is 0 Å². The van der Waals surface area contributed by atoms with E-state index in [0.29, 0.717) is 17.9 Å². The third kappa shape index (κ3) is 5.26. The fourth-order valence-electron chi connectivity index (χ4n) is 5.75. The van der Waals surface area contributed by atoms with Crippen molar-refractivity contribution in [1.29, 1.82) is 0 Å². The van der Waals surface area contributed by atoms with Gasteiger partial charge in [0.2, 0.25) is 0 Å². The van der Waals surface area contributed by atoms with Gasteiger partial charge in [-0.3, -0.25) is 9.69 Å². The standard InChI is InChI=1S/C29H35N7O3/c1-3-20-6-11-26-21(17-20)18-25(29(37)30-26)27(28-31-32-33-36(28)19-24-5-4-16-39-24)35-14-12-34(13-15-35)22-7-9-23(38-2)10-8-22/h6-11,17-18,24,27H,3-5,12-16,19H2,1-2H3,(H,30,37)/t24-,27-/m1/s1. The number of methoxy groups -OCH3 is 1. The Balaban J connectivity index is 1.35. The zero-order valence-corrected chi connectivity index (χ0v) is 22.5. The van der Waals surface area contributed by atoms with Crippen molar-refractivity contribution in [2.75, 3.05) is 44.8 Å².